The summed E-state index contributed by atoms with van der Waals surface area (Å²) in [4.78, 5) is 10.9. The van der Waals surface area contributed by atoms with Crippen LogP contribution >= 0.6 is 11.6 Å². The summed E-state index contributed by atoms with van der Waals surface area (Å²) in [5, 5.41) is 2.14. The Hall–Kier alpha value is -1.43. The van der Waals surface area contributed by atoms with Crippen molar-refractivity contribution in [2.45, 2.75) is 12.6 Å². The molecule has 0 spiro atoms. The van der Waals surface area contributed by atoms with Gasteiger partial charge in [0, 0.05) is 5.69 Å². The van der Waals surface area contributed by atoms with E-state index in [1.807, 2.05) is 5.32 Å². The molecule has 1 rings (SSSR count). The second-order valence-corrected chi connectivity index (χ2v) is 3.49. The lowest BCUT2D eigenvalue weighted by atomic mass is 10.2. The lowest BCUT2D eigenvalue weighted by Gasteiger charge is -2.09. The molecule has 1 aromatic carbocycles. The molecule has 7 heteroatoms. The number of nitrogen functional groups attached to an aromatic ring is 1. The van der Waals surface area contributed by atoms with Gasteiger partial charge in [-0.25, -0.2) is 0 Å². The van der Waals surface area contributed by atoms with Crippen molar-refractivity contribution in [3.8, 4) is 0 Å². The Morgan fingerprint density at radius 1 is 1.44 bits per heavy atom. The SMILES string of the molecule is Nc1ccc(NC(=O)CC(F)(F)F)c(Cl)c1. The van der Waals surface area contributed by atoms with Crippen molar-refractivity contribution in [2.75, 3.05) is 11.1 Å². The Kier molecular flexibility index (Phi) is 3.64. The molecule has 0 aliphatic carbocycles. The first-order chi connectivity index (χ1) is 7.28. The van der Waals surface area contributed by atoms with Crippen LogP contribution in [0.15, 0.2) is 18.2 Å². The third kappa shape index (κ3) is 3.98. The van der Waals surface area contributed by atoms with Crippen LogP contribution in [0.5, 0.6) is 0 Å². The molecule has 0 aliphatic rings. The van der Waals surface area contributed by atoms with E-state index in [9.17, 15) is 18.0 Å². The number of hydrogen-bond acceptors (Lipinski definition) is 2. The predicted octanol–water partition coefficient (Wildman–Crippen LogP) is 2.81. The second kappa shape index (κ2) is 4.61. The number of benzene rings is 1. The third-order valence-electron chi connectivity index (χ3n) is 1.63. The zero-order valence-corrected chi connectivity index (χ0v) is 8.69. The van der Waals surface area contributed by atoms with Crippen LogP contribution in [-0.2, 0) is 4.79 Å². The minimum Gasteiger partial charge on any atom is -0.399 e. The molecule has 0 aliphatic heterocycles. The van der Waals surface area contributed by atoms with Crippen LogP contribution in [0.1, 0.15) is 6.42 Å². The van der Waals surface area contributed by atoms with Crippen molar-refractivity contribution in [3.05, 3.63) is 23.2 Å². The van der Waals surface area contributed by atoms with Gasteiger partial charge in [0.1, 0.15) is 6.42 Å². The van der Waals surface area contributed by atoms with Crippen molar-refractivity contribution in [3.63, 3.8) is 0 Å². The number of halogens is 4. The highest BCUT2D eigenvalue weighted by Gasteiger charge is 2.31. The molecule has 1 amide bonds. The highest BCUT2D eigenvalue weighted by Crippen LogP contribution is 2.25. The number of alkyl halides is 3. The molecular formula is C9H8ClF3N2O. The fourth-order valence-electron chi connectivity index (χ4n) is 1.01. The summed E-state index contributed by atoms with van der Waals surface area (Å²) in [6.45, 7) is 0. The minimum absolute atomic E-state index is 0.0931. The van der Waals surface area contributed by atoms with Crippen LogP contribution in [0.4, 0.5) is 24.5 Å². The van der Waals surface area contributed by atoms with E-state index >= 15 is 0 Å². The van der Waals surface area contributed by atoms with Crippen LogP contribution in [0.2, 0.25) is 5.02 Å². The Bertz CT molecular complexity index is 406. The number of hydrogen-bond donors (Lipinski definition) is 2. The lowest BCUT2D eigenvalue weighted by molar-refractivity contribution is -0.150. The van der Waals surface area contributed by atoms with Crippen LogP contribution < -0.4 is 11.1 Å². The fourth-order valence-corrected chi connectivity index (χ4v) is 1.25. The number of carbonyl (C=O) groups excluding carboxylic acids is 1. The number of carbonyl (C=O) groups is 1. The quantitative estimate of drug-likeness (QED) is 0.795. The molecule has 88 valence electrons. The van der Waals surface area contributed by atoms with Crippen LogP contribution in [0.25, 0.3) is 0 Å². The Labute approximate surface area is 94.4 Å². The van der Waals surface area contributed by atoms with Gasteiger partial charge < -0.3 is 11.1 Å². The number of nitrogens with two attached hydrogens (primary N) is 1. The van der Waals surface area contributed by atoms with Crippen LogP contribution in [0, 0.1) is 0 Å². The van der Waals surface area contributed by atoms with Crippen molar-refractivity contribution < 1.29 is 18.0 Å². The molecule has 3 nitrogen and oxygen atoms in total. The minimum atomic E-state index is -4.54. The van der Waals surface area contributed by atoms with Gasteiger partial charge in [0.25, 0.3) is 0 Å². The zero-order valence-electron chi connectivity index (χ0n) is 7.94. The molecule has 0 fully saturated rings. The van der Waals surface area contributed by atoms with E-state index in [2.05, 4.69) is 0 Å². The van der Waals surface area contributed by atoms with Gasteiger partial charge in [-0.05, 0) is 18.2 Å². The van der Waals surface area contributed by atoms with Crippen molar-refractivity contribution >= 4 is 28.9 Å². The largest absolute Gasteiger partial charge is 0.399 e. The summed E-state index contributed by atoms with van der Waals surface area (Å²) in [6, 6.07) is 4.10. The Morgan fingerprint density at radius 3 is 2.56 bits per heavy atom. The van der Waals surface area contributed by atoms with E-state index < -0.39 is 18.5 Å². The average molecular weight is 253 g/mol. The monoisotopic (exact) mass is 252 g/mol. The normalized spacial score (nSPS) is 11.2. The van der Waals surface area contributed by atoms with Gasteiger partial charge in [-0.2, -0.15) is 13.2 Å². The summed E-state index contributed by atoms with van der Waals surface area (Å²) in [5.41, 5.74) is 5.84. The predicted molar refractivity (Wildman–Crippen MR) is 55.2 cm³/mol. The van der Waals surface area contributed by atoms with Gasteiger partial charge in [-0.1, -0.05) is 11.6 Å². The molecule has 0 saturated carbocycles. The molecule has 0 saturated heterocycles. The number of anilines is 2. The number of rotatable bonds is 2. The maximum Gasteiger partial charge on any atom is 0.397 e. The van der Waals surface area contributed by atoms with Crippen molar-refractivity contribution in [1.82, 2.24) is 0 Å². The molecule has 0 radical (unpaired) electrons. The average Bonchev–Trinajstić information content (AvgIpc) is 2.06. The van der Waals surface area contributed by atoms with Gasteiger partial charge in [0.15, 0.2) is 0 Å². The van der Waals surface area contributed by atoms with Crippen molar-refractivity contribution in [1.29, 1.82) is 0 Å². The maximum atomic E-state index is 11.9. The van der Waals surface area contributed by atoms with E-state index in [-0.39, 0.29) is 10.7 Å². The van der Waals surface area contributed by atoms with E-state index in [1.165, 1.54) is 18.2 Å². The lowest BCUT2D eigenvalue weighted by Crippen LogP contribution is -2.21. The standard InChI is InChI=1S/C9H8ClF3N2O/c10-6-3-5(14)1-2-7(6)15-8(16)4-9(11,12)13/h1-3H,4,14H2,(H,15,16). The molecule has 0 bridgehead atoms. The molecule has 0 aromatic heterocycles. The first-order valence-corrected chi connectivity index (χ1v) is 4.57. The molecule has 1 aromatic rings. The first-order valence-electron chi connectivity index (χ1n) is 4.19. The maximum absolute atomic E-state index is 11.9. The highest BCUT2D eigenvalue weighted by molar-refractivity contribution is 6.34. The summed E-state index contributed by atoms with van der Waals surface area (Å²) < 4.78 is 35.6. The summed E-state index contributed by atoms with van der Waals surface area (Å²) >= 11 is 5.67. The van der Waals surface area contributed by atoms with E-state index in [4.69, 9.17) is 17.3 Å². The number of amides is 1. The van der Waals surface area contributed by atoms with Gasteiger partial charge in [0.05, 0.1) is 10.7 Å². The zero-order chi connectivity index (χ0) is 12.3. The van der Waals surface area contributed by atoms with Crippen LogP contribution in [0.3, 0.4) is 0 Å². The molecule has 3 N–H and O–H groups in total. The number of nitrogens with one attached hydrogen (secondary N) is 1. The van der Waals surface area contributed by atoms with E-state index in [1.54, 1.807) is 0 Å². The smallest absolute Gasteiger partial charge is 0.397 e. The summed E-state index contributed by atoms with van der Waals surface area (Å²) in [6.07, 6.45) is -6.09. The second-order valence-electron chi connectivity index (χ2n) is 3.08. The van der Waals surface area contributed by atoms with Gasteiger partial charge in [0.2, 0.25) is 5.91 Å². The Morgan fingerprint density at radius 2 is 2.06 bits per heavy atom. The van der Waals surface area contributed by atoms with E-state index in [0.29, 0.717) is 5.69 Å². The third-order valence-corrected chi connectivity index (χ3v) is 1.94. The first kappa shape index (κ1) is 12.6. The highest BCUT2D eigenvalue weighted by atomic mass is 35.5. The van der Waals surface area contributed by atoms with Gasteiger partial charge in [-0.15, -0.1) is 0 Å². The molecule has 0 atom stereocenters. The van der Waals surface area contributed by atoms with E-state index in [0.717, 1.165) is 0 Å². The van der Waals surface area contributed by atoms with Crippen molar-refractivity contribution in [2.24, 2.45) is 0 Å². The van der Waals surface area contributed by atoms with Gasteiger partial charge in [-0.3, -0.25) is 4.79 Å². The fraction of sp³-hybridized carbons (Fsp3) is 0.222. The van der Waals surface area contributed by atoms with Crippen LogP contribution in [-0.4, -0.2) is 12.1 Å². The summed E-state index contributed by atoms with van der Waals surface area (Å²) in [7, 11) is 0. The molecule has 0 unspecified atom stereocenters. The Balaban J connectivity index is 2.70. The molecule has 16 heavy (non-hydrogen) atoms. The molecular weight excluding hydrogens is 245 g/mol. The topological polar surface area (TPSA) is 55.1 Å². The summed E-state index contributed by atoms with van der Waals surface area (Å²) in [5.74, 6) is -1.17. The van der Waals surface area contributed by atoms with Gasteiger partial charge >= 0.3 is 6.18 Å². The molecule has 0 heterocycles.